The second-order valence-corrected chi connectivity index (χ2v) is 2.41. The highest BCUT2D eigenvalue weighted by atomic mass is 16.5. The lowest BCUT2D eigenvalue weighted by molar-refractivity contribution is -0.0256. The quantitative estimate of drug-likeness (QED) is 0.342. The topological polar surface area (TPSA) is 67.2 Å². The fourth-order valence-corrected chi connectivity index (χ4v) is 1.15. The smallest absolute Gasteiger partial charge is 0.0870 e. The highest BCUT2D eigenvalue weighted by Gasteiger charge is 2.23. The lowest BCUT2D eigenvalue weighted by atomic mass is 10.1. The molecule has 0 aromatic carbocycles. The van der Waals surface area contributed by atoms with Crippen LogP contribution in [0.2, 0.25) is 0 Å². The molecular weight excluding hydrogens is 146 g/mol. The summed E-state index contributed by atoms with van der Waals surface area (Å²) in [5.41, 5.74) is 8.18. The first-order valence-electron chi connectivity index (χ1n) is 3.53. The Labute approximate surface area is 64.9 Å². The second kappa shape index (κ2) is 4.18. The Hall–Kier alpha value is -0.770. The Kier molecular flexibility index (Phi) is 3.16. The van der Waals surface area contributed by atoms with Crippen LogP contribution in [0.3, 0.4) is 0 Å². The van der Waals surface area contributed by atoms with Crippen LogP contribution in [0.5, 0.6) is 0 Å². The van der Waals surface area contributed by atoms with E-state index in [4.69, 9.17) is 15.0 Å². The molecule has 1 aliphatic rings. The first-order chi connectivity index (χ1) is 5.38. The van der Waals surface area contributed by atoms with E-state index in [0.29, 0.717) is 13.2 Å². The van der Waals surface area contributed by atoms with E-state index in [-0.39, 0.29) is 12.1 Å². The molecule has 0 radical (unpaired) electrons. The zero-order chi connectivity index (χ0) is 8.10. The van der Waals surface area contributed by atoms with Crippen molar-refractivity contribution in [3.8, 4) is 0 Å². The van der Waals surface area contributed by atoms with Crippen LogP contribution >= 0.6 is 0 Å². The van der Waals surface area contributed by atoms with Crippen molar-refractivity contribution in [3.63, 3.8) is 0 Å². The van der Waals surface area contributed by atoms with Gasteiger partial charge in [-0.05, 0) is 12.0 Å². The molecule has 1 rings (SSSR count). The maximum Gasteiger partial charge on any atom is 0.0870 e. The Bertz CT molecular complexity index is 167. The standard InChI is InChI=1S/C6H11N3O2/c1-10-6-2-3-11-4-5(6)8-9-7/h5-6H,2-4H2,1H3/t5-,6?/m1/s1. The molecule has 5 nitrogen and oxygen atoms in total. The summed E-state index contributed by atoms with van der Waals surface area (Å²) in [6, 6.07) is -0.154. The van der Waals surface area contributed by atoms with Gasteiger partial charge in [-0.15, -0.1) is 0 Å². The average molecular weight is 157 g/mol. The minimum absolute atomic E-state index is 0.0275. The van der Waals surface area contributed by atoms with Crippen molar-refractivity contribution in [3.05, 3.63) is 10.4 Å². The fourth-order valence-electron chi connectivity index (χ4n) is 1.15. The number of rotatable bonds is 2. The molecule has 0 N–H and O–H groups in total. The summed E-state index contributed by atoms with van der Waals surface area (Å²) >= 11 is 0. The zero-order valence-electron chi connectivity index (χ0n) is 6.43. The minimum Gasteiger partial charge on any atom is -0.381 e. The maximum atomic E-state index is 8.18. The van der Waals surface area contributed by atoms with Crippen molar-refractivity contribution in [1.29, 1.82) is 0 Å². The van der Waals surface area contributed by atoms with Gasteiger partial charge in [0.2, 0.25) is 0 Å². The summed E-state index contributed by atoms with van der Waals surface area (Å²) in [5.74, 6) is 0. The third-order valence-electron chi connectivity index (χ3n) is 1.77. The number of ether oxygens (including phenoxy) is 2. The van der Waals surface area contributed by atoms with Gasteiger partial charge < -0.3 is 9.47 Å². The molecule has 1 unspecified atom stereocenters. The molecule has 0 aliphatic carbocycles. The second-order valence-electron chi connectivity index (χ2n) is 2.41. The summed E-state index contributed by atoms with van der Waals surface area (Å²) in [5, 5.41) is 3.57. The molecule has 62 valence electrons. The highest BCUT2D eigenvalue weighted by molar-refractivity contribution is 4.80. The Morgan fingerprint density at radius 3 is 3.18 bits per heavy atom. The maximum absolute atomic E-state index is 8.18. The third-order valence-corrected chi connectivity index (χ3v) is 1.77. The Morgan fingerprint density at radius 1 is 1.73 bits per heavy atom. The van der Waals surface area contributed by atoms with E-state index < -0.39 is 0 Å². The minimum atomic E-state index is -0.154. The van der Waals surface area contributed by atoms with Gasteiger partial charge in [0, 0.05) is 18.6 Å². The first kappa shape index (κ1) is 8.33. The summed E-state index contributed by atoms with van der Waals surface area (Å²) in [4.78, 5) is 2.72. The van der Waals surface area contributed by atoms with Gasteiger partial charge in [0.05, 0.1) is 18.8 Å². The lowest BCUT2D eigenvalue weighted by Crippen LogP contribution is -2.36. The molecule has 0 aromatic heterocycles. The van der Waals surface area contributed by atoms with Gasteiger partial charge in [0.1, 0.15) is 0 Å². The van der Waals surface area contributed by atoms with Crippen LogP contribution in [0.15, 0.2) is 5.11 Å². The van der Waals surface area contributed by atoms with E-state index in [2.05, 4.69) is 10.0 Å². The van der Waals surface area contributed by atoms with E-state index >= 15 is 0 Å². The number of hydrogen-bond donors (Lipinski definition) is 0. The van der Waals surface area contributed by atoms with Gasteiger partial charge in [-0.3, -0.25) is 0 Å². The third kappa shape index (κ3) is 2.08. The van der Waals surface area contributed by atoms with Crippen LogP contribution in [0.1, 0.15) is 6.42 Å². The van der Waals surface area contributed by atoms with Crippen molar-refractivity contribution in [1.82, 2.24) is 0 Å². The van der Waals surface area contributed by atoms with Crippen LogP contribution in [-0.2, 0) is 9.47 Å². The predicted molar refractivity (Wildman–Crippen MR) is 39.2 cm³/mol. The van der Waals surface area contributed by atoms with Gasteiger partial charge in [-0.25, -0.2) is 0 Å². The van der Waals surface area contributed by atoms with E-state index in [1.165, 1.54) is 0 Å². The van der Waals surface area contributed by atoms with Crippen LogP contribution in [0, 0.1) is 0 Å². The zero-order valence-corrected chi connectivity index (χ0v) is 6.43. The molecule has 1 aliphatic heterocycles. The largest absolute Gasteiger partial charge is 0.381 e. The van der Waals surface area contributed by atoms with Gasteiger partial charge in [-0.2, -0.15) is 0 Å². The van der Waals surface area contributed by atoms with Crippen LogP contribution in [0.25, 0.3) is 10.4 Å². The molecule has 0 amide bonds. The molecule has 0 spiro atoms. The van der Waals surface area contributed by atoms with Gasteiger partial charge in [-0.1, -0.05) is 5.11 Å². The summed E-state index contributed by atoms with van der Waals surface area (Å²) in [6.07, 6.45) is 0.833. The monoisotopic (exact) mass is 157 g/mol. The number of methoxy groups -OCH3 is 1. The van der Waals surface area contributed by atoms with E-state index in [0.717, 1.165) is 6.42 Å². The van der Waals surface area contributed by atoms with Crippen molar-refractivity contribution in [2.45, 2.75) is 18.6 Å². The van der Waals surface area contributed by atoms with Crippen molar-refractivity contribution < 1.29 is 9.47 Å². The van der Waals surface area contributed by atoms with Gasteiger partial charge >= 0.3 is 0 Å². The molecule has 0 saturated carbocycles. The van der Waals surface area contributed by atoms with E-state index in [1.54, 1.807) is 7.11 Å². The van der Waals surface area contributed by atoms with Crippen LogP contribution in [0.4, 0.5) is 0 Å². The summed E-state index contributed by atoms with van der Waals surface area (Å²) in [7, 11) is 1.62. The van der Waals surface area contributed by atoms with Crippen molar-refractivity contribution in [2.24, 2.45) is 5.11 Å². The summed E-state index contributed by atoms with van der Waals surface area (Å²) < 4.78 is 10.2. The van der Waals surface area contributed by atoms with Gasteiger partial charge in [0.25, 0.3) is 0 Å². The van der Waals surface area contributed by atoms with Crippen LogP contribution < -0.4 is 0 Å². The molecule has 1 heterocycles. The molecule has 0 aromatic rings. The number of azide groups is 1. The highest BCUT2D eigenvalue weighted by Crippen LogP contribution is 2.13. The number of nitrogens with zero attached hydrogens (tertiary/aromatic N) is 3. The van der Waals surface area contributed by atoms with Crippen molar-refractivity contribution >= 4 is 0 Å². The normalized spacial score (nSPS) is 31.0. The first-order valence-corrected chi connectivity index (χ1v) is 3.53. The lowest BCUT2D eigenvalue weighted by Gasteiger charge is -2.26. The molecular formula is C6H11N3O2. The average Bonchev–Trinajstić information content (AvgIpc) is 2.06. The van der Waals surface area contributed by atoms with Gasteiger partial charge in [0.15, 0.2) is 0 Å². The Morgan fingerprint density at radius 2 is 2.55 bits per heavy atom. The molecule has 11 heavy (non-hydrogen) atoms. The fraction of sp³-hybridized carbons (Fsp3) is 1.00. The Balaban J connectivity index is 2.50. The van der Waals surface area contributed by atoms with Crippen molar-refractivity contribution in [2.75, 3.05) is 20.3 Å². The van der Waals surface area contributed by atoms with E-state index in [9.17, 15) is 0 Å². The van der Waals surface area contributed by atoms with Crippen LogP contribution in [-0.4, -0.2) is 32.5 Å². The molecule has 2 atom stereocenters. The van der Waals surface area contributed by atoms with E-state index in [1.807, 2.05) is 0 Å². The molecule has 1 saturated heterocycles. The SMILES string of the molecule is COC1CCOC[C@H]1N=[N+]=[N-]. The molecule has 0 bridgehead atoms. The molecule has 1 fully saturated rings. The summed E-state index contributed by atoms with van der Waals surface area (Å²) in [6.45, 7) is 1.17. The predicted octanol–water partition coefficient (Wildman–Crippen LogP) is 1.10. The molecule has 5 heteroatoms. The number of hydrogen-bond acceptors (Lipinski definition) is 3.